The van der Waals surface area contributed by atoms with Crippen LogP contribution in [0, 0.1) is 6.92 Å². The average Bonchev–Trinajstić information content (AvgIpc) is 3.40. The molecule has 5 rings (SSSR count). The van der Waals surface area contributed by atoms with E-state index in [-0.39, 0.29) is 17.3 Å². The number of rotatable bonds is 6. The second-order valence-electron chi connectivity index (χ2n) is 8.12. The molecule has 1 aliphatic rings. The first-order valence-electron chi connectivity index (χ1n) is 11.3. The van der Waals surface area contributed by atoms with Crippen molar-refractivity contribution in [1.29, 1.82) is 0 Å². The molecule has 0 atom stereocenters. The average molecular weight is 597 g/mol. The van der Waals surface area contributed by atoms with Gasteiger partial charge < -0.3 is 14.2 Å². The summed E-state index contributed by atoms with van der Waals surface area (Å²) in [5.74, 6) is -0.303. The molecule has 6 nitrogen and oxygen atoms in total. The Hall–Kier alpha value is -3.46. The van der Waals surface area contributed by atoms with Crippen molar-refractivity contribution >= 4 is 72.9 Å². The Balaban J connectivity index is 1.41. The predicted molar refractivity (Wildman–Crippen MR) is 149 cm³/mol. The van der Waals surface area contributed by atoms with Crippen LogP contribution in [0.5, 0.6) is 11.5 Å². The number of aryl methyl sites for hydroxylation is 1. The highest BCUT2D eigenvalue weighted by atomic mass is 79.9. The Bertz CT molecular complexity index is 1610. The van der Waals surface area contributed by atoms with E-state index in [1.54, 1.807) is 36.4 Å². The number of ether oxygens (including phenoxy) is 3. The Morgan fingerprint density at radius 2 is 1.89 bits per heavy atom. The Kier molecular flexibility index (Phi) is 7.15. The molecule has 9 heteroatoms. The molecule has 37 heavy (non-hydrogen) atoms. The van der Waals surface area contributed by atoms with Crippen molar-refractivity contribution < 1.29 is 23.8 Å². The third-order valence-corrected chi connectivity index (χ3v) is 7.62. The number of halogens is 2. The number of fused-ring (bicyclic) bond motifs is 1. The summed E-state index contributed by atoms with van der Waals surface area (Å²) in [6.07, 6.45) is 1.59. The van der Waals surface area contributed by atoms with E-state index < -0.39 is 11.9 Å². The molecule has 0 saturated heterocycles. The molecule has 1 aliphatic heterocycles. The van der Waals surface area contributed by atoms with Gasteiger partial charge >= 0.3 is 11.9 Å². The van der Waals surface area contributed by atoms with Gasteiger partial charge in [-0.2, -0.15) is 0 Å². The predicted octanol–water partition coefficient (Wildman–Crippen LogP) is 7.59. The molecule has 0 N–H and O–H groups in total. The van der Waals surface area contributed by atoms with Gasteiger partial charge in [-0.1, -0.05) is 45.7 Å². The maximum Gasteiger partial charge on any atom is 0.363 e. The van der Waals surface area contributed by atoms with Crippen LogP contribution >= 0.6 is 38.9 Å². The van der Waals surface area contributed by atoms with E-state index in [0.29, 0.717) is 33.4 Å². The lowest BCUT2D eigenvalue weighted by Crippen LogP contribution is -2.08. The first-order chi connectivity index (χ1) is 17.8. The first-order valence-corrected chi connectivity index (χ1v) is 13.3. The van der Waals surface area contributed by atoms with Gasteiger partial charge in [0.2, 0.25) is 5.90 Å². The maximum absolute atomic E-state index is 13.0. The normalized spacial score (nSPS) is 14.1. The van der Waals surface area contributed by atoms with Crippen molar-refractivity contribution in [2.24, 2.45) is 4.99 Å². The lowest BCUT2D eigenvalue weighted by molar-refractivity contribution is -0.129. The molecule has 2 heterocycles. The van der Waals surface area contributed by atoms with Crippen molar-refractivity contribution in [2.45, 2.75) is 13.8 Å². The third kappa shape index (κ3) is 5.32. The number of hydrogen-bond donors (Lipinski definition) is 0. The van der Waals surface area contributed by atoms with Crippen LogP contribution in [0.1, 0.15) is 33.3 Å². The fourth-order valence-electron chi connectivity index (χ4n) is 3.70. The number of thiophene rings is 1. The lowest BCUT2D eigenvalue weighted by Gasteiger charge is -2.11. The summed E-state index contributed by atoms with van der Waals surface area (Å²) in [6.45, 7) is 4.15. The summed E-state index contributed by atoms with van der Waals surface area (Å²) in [5.41, 5.74) is 2.55. The highest BCUT2D eigenvalue weighted by Crippen LogP contribution is 2.38. The fraction of sp³-hybridized carbons (Fsp3) is 0.107. The van der Waals surface area contributed by atoms with Crippen molar-refractivity contribution in [1.82, 2.24) is 0 Å². The van der Waals surface area contributed by atoms with Gasteiger partial charge in [0, 0.05) is 20.1 Å². The van der Waals surface area contributed by atoms with E-state index in [1.165, 1.54) is 11.3 Å². The molecule has 0 saturated carbocycles. The molecule has 3 aromatic carbocycles. The van der Waals surface area contributed by atoms with Crippen LogP contribution in [-0.4, -0.2) is 24.4 Å². The highest BCUT2D eigenvalue weighted by molar-refractivity contribution is 9.10. The molecular formula is C28H19BrClNO5S. The third-order valence-electron chi connectivity index (χ3n) is 5.46. The van der Waals surface area contributed by atoms with Crippen molar-refractivity contribution in [3.05, 3.63) is 97.4 Å². The van der Waals surface area contributed by atoms with Crippen LogP contribution in [-0.2, 0) is 9.53 Å². The number of hydrogen-bond acceptors (Lipinski definition) is 7. The van der Waals surface area contributed by atoms with Gasteiger partial charge in [0.1, 0.15) is 4.88 Å². The summed E-state index contributed by atoms with van der Waals surface area (Å²) in [7, 11) is 0. The van der Waals surface area contributed by atoms with Gasteiger partial charge in [-0.3, -0.25) is 0 Å². The van der Waals surface area contributed by atoms with Gasteiger partial charge in [0.25, 0.3) is 0 Å². The number of esters is 2. The van der Waals surface area contributed by atoms with Crippen LogP contribution in [0.15, 0.2) is 75.8 Å². The molecule has 0 unspecified atom stereocenters. The summed E-state index contributed by atoms with van der Waals surface area (Å²) in [4.78, 5) is 30.1. The zero-order valence-electron chi connectivity index (χ0n) is 19.7. The van der Waals surface area contributed by atoms with Crippen LogP contribution in [0.2, 0.25) is 5.02 Å². The van der Waals surface area contributed by atoms with E-state index >= 15 is 0 Å². The van der Waals surface area contributed by atoms with Gasteiger partial charge in [-0.05, 0) is 73.5 Å². The lowest BCUT2D eigenvalue weighted by atomic mass is 10.1. The molecule has 4 aromatic rings. The quantitative estimate of drug-likeness (QED) is 0.130. The summed E-state index contributed by atoms with van der Waals surface area (Å²) >= 11 is 11.1. The first kappa shape index (κ1) is 25.2. The van der Waals surface area contributed by atoms with E-state index in [0.717, 1.165) is 20.1 Å². The second kappa shape index (κ2) is 10.5. The number of nitrogens with zero attached hydrogens (tertiary/aromatic N) is 1. The minimum atomic E-state index is -0.570. The molecule has 0 spiro atoms. The van der Waals surface area contributed by atoms with Gasteiger partial charge in [0.05, 0.1) is 11.6 Å². The molecule has 1 aromatic heterocycles. The van der Waals surface area contributed by atoms with E-state index in [2.05, 4.69) is 20.9 Å². The van der Waals surface area contributed by atoms with Gasteiger partial charge in [0.15, 0.2) is 17.2 Å². The minimum absolute atomic E-state index is 0.150. The molecule has 0 radical (unpaired) electrons. The zero-order chi connectivity index (χ0) is 26.1. The second-order valence-corrected chi connectivity index (χ2v) is 10.5. The van der Waals surface area contributed by atoms with Crippen LogP contribution < -0.4 is 9.47 Å². The molecular weight excluding hydrogens is 578 g/mol. The monoisotopic (exact) mass is 595 g/mol. The summed E-state index contributed by atoms with van der Waals surface area (Å²) in [6, 6.07) is 18.1. The zero-order valence-corrected chi connectivity index (χ0v) is 22.9. The molecule has 0 amide bonds. The Morgan fingerprint density at radius 1 is 1.11 bits per heavy atom. The Morgan fingerprint density at radius 3 is 2.65 bits per heavy atom. The highest BCUT2D eigenvalue weighted by Gasteiger charge is 2.25. The van der Waals surface area contributed by atoms with Crippen molar-refractivity contribution in [3.63, 3.8) is 0 Å². The number of carbonyl (C=O) groups is 2. The summed E-state index contributed by atoms with van der Waals surface area (Å²) in [5, 5.41) is 1.17. The molecule has 0 fully saturated rings. The van der Waals surface area contributed by atoms with Crippen LogP contribution in [0.25, 0.3) is 16.2 Å². The van der Waals surface area contributed by atoms with Crippen LogP contribution in [0.3, 0.4) is 0 Å². The van der Waals surface area contributed by atoms with E-state index in [1.807, 2.05) is 44.2 Å². The fourth-order valence-corrected chi connectivity index (χ4v) is 5.45. The number of carbonyl (C=O) groups excluding carboxylic acids is 2. The Labute approximate surface area is 230 Å². The molecule has 0 bridgehead atoms. The maximum atomic E-state index is 13.0. The SMILES string of the molecule is CCOc1cc(/C=C2/N=C(c3ccc(Br)cc3)OC2=O)ccc1OC(=O)c1sc2cc(C)ccc2c1Cl. The largest absolute Gasteiger partial charge is 0.490 e. The topological polar surface area (TPSA) is 74.2 Å². The molecule has 186 valence electrons. The number of aliphatic imine (C=N–C) groups is 1. The summed E-state index contributed by atoms with van der Waals surface area (Å²) < 4.78 is 18.5. The molecule has 0 aliphatic carbocycles. The van der Waals surface area contributed by atoms with Crippen molar-refractivity contribution in [3.8, 4) is 11.5 Å². The smallest absolute Gasteiger partial charge is 0.363 e. The van der Waals surface area contributed by atoms with Crippen molar-refractivity contribution in [2.75, 3.05) is 6.61 Å². The van der Waals surface area contributed by atoms with E-state index in [4.69, 9.17) is 25.8 Å². The van der Waals surface area contributed by atoms with Gasteiger partial charge in [-0.25, -0.2) is 14.6 Å². The number of benzene rings is 3. The van der Waals surface area contributed by atoms with Gasteiger partial charge in [-0.15, -0.1) is 11.3 Å². The minimum Gasteiger partial charge on any atom is -0.490 e. The number of cyclic esters (lactones) is 1. The van der Waals surface area contributed by atoms with E-state index in [9.17, 15) is 9.59 Å². The van der Waals surface area contributed by atoms with Crippen LogP contribution in [0.4, 0.5) is 0 Å². The standard InChI is InChI=1S/C28H19BrClNO5S/c1-3-34-22-14-16(13-20-27(32)36-26(31-20)17-6-8-18(29)9-7-17)5-11-21(22)35-28(33)25-24(30)19-10-4-15(2)12-23(19)37-25/h4-14H,3H2,1-2H3/b20-13+.